The van der Waals surface area contributed by atoms with Crippen molar-refractivity contribution in [3.63, 3.8) is 0 Å². The Hall–Kier alpha value is -1.77. The number of nitrogens with one attached hydrogen (secondary N) is 1. The highest BCUT2D eigenvalue weighted by Crippen LogP contribution is 2.24. The van der Waals surface area contributed by atoms with E-state index in [1.54, 1.807) is 18.3 Å². The number of aromatic nitrogens is 2. The van der Waals surface area contributed by atoms with Gasteiger partial charge >= 0.3 is 0 Å². The van der Waals surface area contributed by atoms with Gasteiger partial charge in [-0.3, -0.25) is 9.58 Å². The second-order valence-electron chi connectivity index (χ2n) is 6.18. The number of hydrogen-bond acceptors (Lipinski definition) is 4. The van der Waals surface area contributed by atoms with Crippen LogP contribution in [-0.2, 0) is 23.1 Å². The number of rotatable bonds is 6. The van der Waals surface area contributed by atoms with Crippen molar-refractivity contribution in [3.8, 4) is 0 Å². The third-order valence-corrected chi connectivity index (χ3v) is 4.82. The molecule has 1 N–H and O–H groups in total. The number of halogens is 1. The molecule has 0 saturated carbocycles. The summed E-state index contributed by atoms with van der Waals surface area (Å²) in [6.45, 7) is 2.51. The van der Waals surface area contributed by atoms with Crippen molar-refractivity contribution >= 4 is 10.0 Å². The van der Waals surface area contributed by atoms with Gasteiger partial charge in [0, 0.05) is 32.4 Å². The minimum absolute atomic E-state index is 0.0894. The number of nitrogens with zero attached hydrogens (tertiary/aromatic N) is 3. The van der Waals surface area contributed by atoms with E-state index in [0.29, 0.717) is 19.5 Å². The summed E-state index contributed by atoms with van der Waals surface area (Å²) in [7, 11) is -3.19. The largest absolute Gasteiger partial charge is 0.291 e. The van der Waals surface area contributed by atoms with E-state index in [9.17, 15) is 12.8 Å². The average molecular weight is 352 g/mol. The molecular weight excluding hydrogens is 331 g/mol. The van der Waals surface area contributed by atoms with Crippen LogP contribution in [0.2, 0.25) is 0 Å². The summed E-state index contributed by atoms with van der Waals surface area (Å²) < 4.78 is 40.3. The highest BCUT2D eigenvalue weighted by molar-refractivity contribution is 7.88. The van der Waals surface area contributed by atoms with Crippen LogP contribution in [0.5, 0.6) is 0 Å². The molecule has 0 unspecified atom stereocenters. The topological polar surface area (TPSA) is 67.2 Å². The lowest BCUT2D eigenvalue weighted by Gasteiger charge is -2.34. The Morgan fingerprint density at radius 3 is 2.96 bits per heavy atom. The van der Waals surface area contributed by atoms with E-state index in [0.717, 1.165) is 30.6 Å². The van der Waals surface area contributed by atoms with E-state index < -0.39 is 10.0 Å². The van der Waals surface area contributed by atoms with Crippen LogP contribution in [0.15, 0.2) is 36.5 Å². The van der Waals surface area contributed by atoms with Gasteiger partial charge in [-0.15, -0.1) is 0 Å². The minimum Gasteiger partial charge on any atom is -0.291 e. The summed E-state index contributed by atoms with van der Waals surface area (Å²) in [6.07, 6.45) is 3.57. The van der Waals surface area contributed by atoms with Crippen LogP contribution in [0.3, 0.4) is 0 Å². The third kappa shape index (κ3) is 4.40. The second kappa shape index (κ2) is 7.00. The molecule has 1 atom stereocenters. The van der Waals surface area contributed by atoms with Gasteiger partial charge in [-0.2, -0.15) is 5.10 Å². The van der Waals surface area contributed by atoms with Crippen molar-refractivity contribution in [2.75, 3.05) is 19.3 Å². The zero-order valence-electron chi connectivity index (χ0n) is 13.5. The Bertz CT molecular complexity index is 806. The molecule has 8 heteroatoms. The van der Waals surface area contributed by atoms with Crippen molar-refractivity contribution in [2.24, 2.45) is 0 Å². The van der Waals surface area contributed by atoms with Crippen LogP contribution in [0.4, 0.5) is 4.39 Å². The van der Waals surface area contributed by atoms with Gasteiger partial charge in [0.2, 0.25) is 10.0 Å². The Labute approximate surface area is 141 Å². The molecule has 2 aromatic rings. The van der Waals surface area contributed by atoms with Crippen LogP contribution in [0.1, 0.15) is 23.7 Å². The van der Waals surface area contributed by atoms with E-state index in [-0.39, 0.29) is 11.9 Å². The highest BCUT2D eigenvalue weighted by atomic mass is 32.2. The summed E-state index contributed by atoms with van der Waals surface area (Å²) in [6, 6.07) is 8.67. The molecule has 0 amide bonds. The first-order valence-corrected chi connectivity index (χ1v) is 9.74. The van der Waals surface area contributed by atoms with Gasteiger partial charge in [-0.05, 0) is 30.2 Å². The molecule has 2 heterocycles. The summed E-state index contributed by atoms with van der Waals surface area (Å²) >= 11 is 0. The van der Waals surface area contributed by atoms with E-state index in [1.165, 1.54) is 6.07 Å². The quantitative estimate of drug-likeness (QED) is 0.856. The third-order valence-electron chi connectivity index (χ3n) is 4.09. The summed E-state index contributed by atoms with van der Waals surface area (Å²) in [4.78, 5) is 2.23. The molecule has 0 bridgehead atoms. The van der Waals surface area contributed by atoms with Crippen LogP contribution in [0.25, 0.3) is 0 Å². The molecule has 0 fully saturated rings. The van der Waals surface area contributed by atoms with Crippen molar-refractivity contribution in [1.82, 2.24) is 19.4 Å². The molecule has 0 aliphatic carbocycles. The van der Waals surface area contributed by atoms with Crippen LogP contribution in [-0.4, -0.2) is 42.4 Å². The number of fused-ring (bicyclic) bond motifs is 1. The fourth-order valence-corrected chi connectivity index (χ4v) is 3.59. The minimum atomic E-state index is -3.19. The average Bonchev–Trinajstić information content (AvgIpc) is 2.94. The molecule has 1 aromatic heterocycles. The first-order valence-electron chi connectivity index (χ1n) is 7.84. The molecule has 1 aliphatic rings. The Morgan fingerprint density at radius 1 is 1.38 bits per heavy atom. The molecule has 1 aromatic carbocycles. The normalized spacial score (nSPS) is 18.5. The van der Waals surface area contributed by atoms with Gasteiger partial charge in [0.15, 0.2) is 0 Å². The maximum Gasteiger partial charge on any atom is 0.208 e. The fraction of sp³-hybridized carbons (Fsp3) is 0.438. The first kappa shape index (κ1) is 17.1. The lowest BCUT2D eigenvalue weighted by atomic mass is 10.1. The molecule has 0 saturated heterocycles. The molecule has 6 nitrogen and oxygen atoms in total. The smallest absolute Gasteiger partial charge is 0.208 e. The zero-order chi connectivity index (χ0) is 17.2. The molecule has 0 radical (unpaired) electrons. The SMILES string of the molecule is CS(=O)(=O)NCC[C@H]1CN(Cc2cccc(F)c2)Cc2ccnn21. The number of benzene rings is 1. The van der Waals surface area contributed by atoms with Crippen molar-refractivity contribution in [3.05, 3.63) is 53.6 Å². The monoisotopic (exact) mass is 352 g/mol. The standard InChI is InChI=1S/C16H21FN4O2S/c1-24(22,23)19-8-6-16-12-20(11-15-5-7-18-21(15)16)10-13-3-2-4-14(17)9-13/h2-5,7,9,16,19H,6,8,10-12H2,1H3/t16-/m0/s1. The van der Waals surface area contributed by atoms with Crippen molar-refractivity contribution < 1.29 is 12.8 Å². The second-order valence-corrected chi connectivity index (χ2v) is 8.01. The van der Waals surface area contributed by atoms with Crippen LogP contribution >= 0.6 is 0 Å². The first-order chi connectivity index (χ1) is 11.4. The van der Waals surface area contributed by atoms with Gasteiger partial charge in [0.1, 0.15) is 5.82 Å². The molecule has 0 spiro atoms. The maximum absolute atomic E-state index is 13.4. The van der Waals surface area contributed by atoms with E-state index in [4.69, 9.17) is 0 Å². The molecule has 130 valence electrons. The van der Waals surface area contributed by atoms with Crippen LogP contribution < -0.4 is 4.72 Å². The number of hydrogen-bond donors (Lipinski definition) is 1. The van der Waals surface area contributed by atoms with E-state index in [2.05, 4.69) is 14.7 Å². The fourth-order valence-electron chi connectivity index (χ4n) is 3.10. The molecule has 1 aliphatic heterocycles. The van der Waals surface area contributed by atoms with Gasteiger partial charge in [-0.25, -0.2) is 17.5 Å². The Kier molecular flexibility index (Phi) is 4.98. The van der Waals surface area contributed by atoms with Crippen LogP contribution in [0, 0.1) is 5.82 Å². The van der Waals surface area contributed by atoms with Crippen molar-refractivity contribution in [2.45, 2.75) is 25.6 Å². The zero-order valence-corrected chi connectivity index (χ0v) is 14.3. The molecule has 3 rings (SSSR count). The van der Waals surface area contributed by atoms with Gasteiger partial charge in [0.05, 0.1) is 18.0 Å². The summed E-state index contributed by atoms with van der Waals surface area (Å²) in [5.74, 6) is -0.233. The molecular formula is C16H21FN4O2S. The van der Waals surface area contributed by atoms with Gasteiger partial charge < -0.3 is 0 Å². The lowest BCUT2D eigenvalue weighted by molar-refractivity contribution is 0.162. The predicted molar refractivity (Wildman–Crippen MR) is 89.2 cm³/mol. The number of sulfonamides is 1. The predicted octanol–water partition coefficient (Wildman–Crippen LogP) is 1.52. The van der Waals surface area contributed by atoms with Gasteiger partial charge in [0.25, 0.3) is 0 Å². The van der Waals surface area contributed by atoms with E-state index >= 15 is 0 Å². The van der Waals surface area contributed by atoms with E-state index in [1.807, 2.05) is 16.8 Å². The van der Waals surface area contributed by atoms with Gasteiger partial charge in [-0.1, -0.05) is 12.1 Å². The highest BCUT2D eigenvalue weighted by Gasteiger charge is 2.25. The summed E-state index contributed by atoms with van der Waals surface area (Å²) in [5, 5.41) is 4.36. The summed E-state index contributed by atoms with van der Waals surface area (Å²) in [5.41, 5.74) is 2.01. The molecule has 24 heavy (non-hydrogen) atoms. The Balaban J connectivity index is 1.68. The Morgan fingerprint density at radius 2 is 2.21 bits per heavy atom. The van der Waals surface area contributed by atoms with Crippen molar-refractivity contribution in [1.29, 1.82) is 0 Å². The maximum atomic E-state index is 13.4. The lowest BCUT2D eigenvalue weighted by Crippen LogP contribution is -2.38.